The summed E-state index contributed by atoms with van der Waals surface area (Å²) in [7, 11) is 1.51. The largest absolute Gasteiger partial charge is 0.497 e. The zero-order valence-electron chi connectivity index (χ0n) is 26.3. The Hall–Kier alpha value is -5.09. The molecule has 5 rings (SSSR count). The Balaban J connectivity index is 1.31. The summed E-state index contributed by atoms with van der Waals surface area (Å²) >= 11 is 0. The first-order chi connectivity index (χ1) is 21.8. The van der Waals surface area contributed by atoms with Gasteiger partial charge < -0.3 is 30.3 Å². The Morgan fingerprint density at radius 2 is 1.78 bits per heavy atom. The zero-order valence-corrected chi connectivity index (χ0v) is 26.3. The van der Waals surface area contributed by atoms with E-state index in [9.17, 15) is 24.0 Å². The van der Waals surface area contributed by atoms with Crippen molar-refractivity contribution in [3.63, 3.8) is 0 Å². The summed E-state index contributed by atoms with van der Waals surface area (Å²) in [5, 5.41) is 4.84. The van der Waals surface area contributed by atoms with Crippen LogP contribution in [0.3, 0.4) is 0 Å². The molecule has 0 aliphatic carbocycles. The van der Waals surface area contributed by atoms with Crippen molar-refractivity contribution in [2.24, 2.45) is 5.73 Å². The number of methoxy groups -OCH3 is 1. The number of ether oxygens (including phenoxy) is 2. The summed E-state index contributed by atoms with van der Waals surface area (Å²) in [6.45, 7) is 7.40. The number of hydrogen-bond acceptors (Lipinski definition) is 8. The number of carbonyl (C=O) groups is 5. The fourth-order valence-corrected chi connectivity index (χ4v) is 5.80. The van der Waals surface area contributed by atoms with Gasteiger partial charge in [-0.1, -0.05) is 30.0 Å². The van der Waals surface area contributed by atoms with Crippen LogP contribution in [0.25, 0.3) is 0 Å². The first-order valence-electron chi connectivity index (χ1n) is 15.0. The highest BCUT2D eigenvalue weighted by molar-refractivity contribution is 6.10. The minimum absolute atomic E-state index is 0.162. The Morgan fingerprint density at radius 1 is 1.04 bits per heavy atom. The Morgan fingerprint density at radius 3 is 2.41 bits per heavy atom. The SMILES string of the molecule is COc1ccc2c(c1)C(=O)N(C[C@@]1(C#Cc3ccc(C(C(N)=O)N4CCCN(C(=O)OC(C)(C)C)CC4)cc3)NC(=O)NC1=O)C2. The molecule has 3 aliphatic rings. The van der Waals surface area contributed by atoms with E-state index < -0.39 is 41.1 Å². The molecule has 4 N–H and O–H groups in total. The minimum atomic E-state index is -1.67. The maximum absolute atomic E-state index is 13.2. The molecule has 0 radical (unpaired) electrons. The molecule has 3 heterocycles. The van der Waals surface area contributed by atoms with E-state index >= 15 is 0 Å². The van der Waals surface area contributed by atoms with Gasteiger partial charge in [0.2, 0.25) is 11.4 Å². The molecule has 6 amide bonds. The fraction of sp³-hybridized carbons (Fsp3) is 0.424. The molecule has 2 fully saturated rings. The maximum atomic E-state index is 13.2. The lowest BCUT2D eigenvalue weighted by Gasteiger charge is -2.29. The van der Waals surface area contributed by atoms with Crippen molar-refractivity contribution >= 4 is 29.8 Å². The first kappa shape index (κ1) is 32.3. The van der Waals surface area contributed by atoms with Gasteiger partial charge in [0.1, 0.15) is 17.4 Å². The topological polar surface area (TPSA) is 164 Å². The van der Waals surface area contributed by atoms with Crippen LogP contribution >= 0.6 is 0 Å². The normalized spacial score (nSPS) is 20.6. The molecule has 46 heavy (non-hydrogen) atoms. The quantitative estimate of drug-likeness (QED) is 0.321. The van der Waals surface area contributed by atoms with Crippen molar-refractivity contribution in [3.05, 3.63) is 64.7 Å². The van der Waals surface area contributed by atoms with E-state index in [2.05, 4.69) is 22.5 Å². The number of rotatable bonds is 6. The molecule has 2 aromatic rings. The summed E-state index contributed by atoms with van der Waals surface area (Å²) in [4.78, 5) is 68.7. The van der Waals surface area contributed by atoms with Crippen molar-refractivity contribution in [2.75, 3.05) is 39.8 Å². The average Bonchev–Trinajstić information content (AvgIpc) is 3.31. The first-order valence-corrected chi connectivity index (χ1v) is 15.0. The number of carbonyl (C=O) groups excluding carboxylic acids is 5. The number of primary amides is 1. The Labute approximate surface area is 267 Å². The van der Waals surface area contributed by atoms with Crippen molar-refractivity contribution in [1.29, 1.82) is 0 Å². The second-order valence-corrected chi connectivity index (χ2v) is 12.5. The number of amides is 6. The number of fused-ring (bicyclic) bond motifs is 1. The molecular weight excluding hydrogens is 592 g/mol. The van der Waals surface area contributed by atoms with Gasteiger partial charge in [0.25, 0.3) is 11.8 Å². The van der Waals surface area contributed by atoms with Crippen LogP contribution in [0.1, 0.15) is 60.3 Å². The third kappa shape index (κ3) is 6.92. The van der Waals surface area contributed by atoms with Crippen LogP contribution in [0.5, 0.6) is 5.75 Å². The molecule has 2 atom stereocenters. The zero-order chi connectivity index (χ0) is 33.2. The standard InChI is InChI=1S/C33H38N6O7/c1-32(2,3)46-31(44)38-15-5-14-37(16-17-38)26(27(34)40)22-8-6-21(7-9-22)12-13-33(29(42)35-30(43)36-33)20-39-19-23-10-11-24(45-4)18-25(23)28(39)41/h6-11,18,26H,5,14-17,19-20H2,1-4H3,(H2,34,40)(H2,35,36,42,43)/t26?,33-/m1/s1. The summed E-state index contributed by atoms with van der Waals surface area (Å²) in [5.41, 5.74) is 6.00. The summed E-state index contributed by atoms with van der Waals surface area (Å²) in [5.74, 6) is 4.92. The van der Waals surface area contributed by atoms with Crippen LogP contribution in [0.2, 0.25) is 0 Å². The second kappa shape index (κ2) is 12.7. The van der Waals surface area contributed by atoms with Crippen molar-refractivity contribution in [2.45, 2.75) is 50.9 Å². The van der Waals surface area contributed by atoms with Crippen LogP contribution in [-0.2, 0) is 20.9 Å². The Kier molecular flexibility index (Phi) is 8.94. The molecular formula is C33H38N6O7. The molecule has 3 aliphatic heterocycles. The van der Waals surface area contributed by atoms with Gasteiger partial charge in [0.15, 0.2) is 0 Å². The van der Waals surface area contributed by atoms with Gasteiger partial charge in [0.05, 0.1) is 13.7 Å². The number of urea groups is 1. The number of imide groups is 1. The van der Waals surface area contributed by atoms with Crippen LogP contribution in [0.4, 0.5) is 9.59 Å². The predicted molar refractivity (Wildman–Crippen MR) is 166 cm³/mol. The van der Waals surface area contributed by atoms with Crippen molar-refractivity contribution in [1.82, 2.24) is 25.3 Å². The van der Waals surface area contributed by atoms with Crippen LogP contribution < -0.4 is 21.1 Å². The number of nitrogens with zero attached hydrogens (tertiary/aromatic N) is 3. The van der Waals surface area contributed by atoms with E-state index in [0.717, 1.165) is 5.56 Å². The third-order valence-corrected chi connectivity index (χ3v) is 8.03. The molecule has 0 bridgehead atoms. The van der Waals surface area contributed by atoms with E-state index in [1.165, 1.54) is 12.0 Å². The molecule has 1 unspecified atom stereocenters. The van der Waals surface area contributed by atoms with Gasteiger partial charge >= 0.3 is 12.1 Å². The van der Waals surface area contributed by atoms with Gasteiger partial charge in [0, 0.05) is 43.9 Å². The van der Waals surface area contributed by atoms with Gasteiger partial charge in [-0.3, -0.25) is 24.6 Å². The van der Waals surface area contributed by atoms with Crippen LogP contribution in [0, 0.1) is 11.8 Å². The molecule has 242 valence electrons. The van der Waals surface area contributed by atoms with E-state index in [0.29, 0.717) is 55.0 Å². The molecule has 13 nitrogen and oxygen atoms in total. The maximum Gasteiger partial charge on any atom is 0.410 e. The van der Waals surface area contributed by atoms with E-state index in [-0.39, 0.29) is 19.0 Å². The lowest BCUT2D eigenvalue weighted by molar-refractivity contribution is -0.123. The molecule has 0 spiro atoms. The van der Waals surface area contributed by atoms with Crippen LogP contribution in [-0.4, -0.2) is 95.5 Å². The average molecular weight is 631 g/mol. The van der Waals surface area contributed by atoms with Gasteiger partial charge in [-0.05, 0) is 62.6 Å². The lowest BCUT2D eigenvalue weighted by atomic mass is 9.98. The minimum Gasteiger partial charge on any atom is -0.497 e. The molecule has 0 saturated carbocycles. The Bertz CT molecular complexity index is 1620. The highest BCUT2D eigenvalue weighted by atomic mass is 16.6. The van der Waals surface area contributed by atoms with Crippen molar-refractivity contribution in [3.8, 4) is 17.6 Å². The number of nitrogens with one attached hydrogen (secondary N) is 2. The van der Waals surface area contributed by atoms with E-state index in [4.69, 9.17) is 15.2 Å². The van der Waals surface area contributed by atoms with Gasteiger partial charge in [-0.15, -0.1) is 0 Å². The predicted octanol–water partition coefficient (Wildman–Crippen LogP) is 1.75. The number of nitrogens with two attached hydrogens (primary N) is 1. The highest BCUT2D eigenvalue weighted by Crippen LogP contribution is 2.29. The highest BCUT2D eigenvalue weighted by Gasteiger charge is 2.48. The van der Waals surface area contributed by atoms with Gasteiger partial charge in [-0.25, -0.2) is 9.59 Å². The summed E-state index contributed by atoms with van der Waals surface area (Å²) in [6, 6.07) is 10.7. The lowest BCUT2D eigenvalue weighted by Crippen LogP contribution is -2.54. The molecule has 13 heteroatoms. The van der Waals surface area contributed by atoms with Crippen molar-refractivity contribution < 1.29 is 33.4 Å². The summed E-state index contributed by atoms with van der Waals surface area (Å²) in [6.07, 6.45) is 0.248. The smallest absolute Gasteiger partial charge is 0.410 e. The monoisotopic (exact) mass is 630 g/mol. The van der Waals surface area contributed by atoms with Gasteiger partial charge in [-0.2, -0.15) is 0 Å². The number of hydrogen-bond donors (Lipinski definition) is 3. The second-order valence-electron chi connectivity index (χ2n) is 12.5. The van der Waals surface area contributed by atoms with E-state index in [1.54, 1.807) is 47.4 Å². The molecule has 2 saturated heterocycles. The number of benzene rings is 2. The fourth-order valence-electron chi connectivity index (χ4n) is 5.80. The molecule has 2 aromatic carbocycles. The van der Waals surface area contributed by atoms with E-state index in [1.807, 2.05) is 25.7 Å². The van der Waals surface area contributed by atoms with Crippen LogP contribution in [0.15, 0.2) is 42.5 Å². The summed E-state index contributed by atoms with van der Waals surface area (Å²) < 4.78 is 10.7. The molecule has 0 aromatic heterocycles. The third-order valence-electron chi connectivity index (χ3n) is 8.03.